The van der Waals surface area contributed by atoms with Crippen molar-refractivity contribution in [2.45, 2.75) is 13.8 Å². The Hall–Kier alpha value is -2.93. The van der Waals surface area contributed by atoms with Crippen molar-refractivity contribution in [2.75, 3.05) is 24.4 Å². The van der Waals surface area contributed by atoms with Crippen LogP contribution in [0.3, 0.4) is 0 Å². The highest BCUT2D eigenvalue weighted by atomic mass is 32.1. The number of aryl methyl sites for hydroxylation is 1. The predicted octanol–water partition coefficient (Wildman–Crippen LogP) is 3.77. The van der Waals surface area contributed by atoms with Gasteiger partial charge in [-0.1, -0.05) is 6.07 Å². The Bertz CT molecular complexity index is 819. The molecule has 2 N–H and O–H groups in total. The first kappa shape index (κ1) is 19.4. The maximum absolute atomic E-state index is 11.7. The van der Waals surface area contributed by atoms with Gasteiger partial charge in [-0.05, 0) is 68.0 Å². The van der Waals surface area contributed by atoms with Gasteiger partial charge in [0.2, 0.25) is 0 Å². The Labute approximate surface area is 157 Å². The van der Waals surface area contributed by atoms with E-state index < -0.39 is 5.97 Å². The number of carbonyl (C=O) groups excluding carboxylic acids is 2. The van der Waals surface area contributed by atoms with Crippen LogP contribution in [0.2, 0.25) is 0 Å². The van der Waals surface area contributed by atoms with Crippen LogP contribution in [0.5, 0.6) is 0 Å². The number of rotatable bonds is 5. The Morgan fingerprint density at radius 1 is 1.00 bits per heavy atom. The molecule has 2 aromatic rings. The maximum Gasteiger partial charge on any atom is 0.338 e. The summed E-state index contributed by atoms with van der Waals surface area (Å²) >= 11 is 5.31. The molecule has 0 atom stereocenters. The molecule has 0 aliphatic heterocycles. The Morgan fingerprint density at radius 3 is 2.27 bits per heavy atom. The first-order valence-corrected chi connectivity index (χ1v) is 8.39. The molecule has 2 aromatic carbocycles. The average molecular weight is 372 g/mol. The van der Waals surface area contributed by atoms with Gasteiger partial charge in [0.15, 0.2) is 5.11 Å². The molecular weight excluding hydrogens is 352 g/mol. The van der Waals surface area contributed by atoms with Gasteiger partial charge in [-0.15, -0.1) is 0 Å². The van der Waals surface area contributed by atoms with Gasteiger partial charge >= 0.3 is 11.9 Å². The number of hydrogen-bond donors (Lipinski definition) is 2. The van der Waals surface area contributed by atoms with Crippen molar-refractivity contribution in [2.24, 2.45) is 0 Å². The molecule has 0 bridgehead atoms. The van der Waals surface area contributed by atoms with E-state index in [0.717, 1.165) is 11.3 Å². The van der Waals surface area contributed by atoms with Crippen LogP contribution in [-0.4, -0.2) is 30.8 Å². The molecule has 136 valence electrons. The molecule has 0 radical (unpaired) electrons. The van der Waals surface area contributed by atoms with Crippen LogP contribution in [0.15, 0.2) is 42.5 Å². The normalized spacial score (nSPS) is 9.96. The molecule has 0 heterocycles. The lowest BCUT2D eigenvalue weighted by Crippen LogP contribution is -2.20. The Morgan fingerprint density at radius 2 is 1.65 bits per heavy atom. The summed E-state index contributed by atoms with van der Waals surface area (Å²) < 4.78 is 9.67. The second-order valence-electron chi connectivity index (χ2n) is 5.40. The third-order valence-electron chi connectivity index (χ3n) is 3.56. The highest BCUT2D eigenvalue weighted by Gasteiger charge is 2.10. The van der Waals surface area contributed by atoms with Crippen molar-refractivity contribution in [1.82, 2.24) is 0 Å². The van der Waals surface area contributed by atoms with Crippen LogP contribution >= 0.6 is 12.2 Å². The third-order valence-corrected chi connectivity index (χ3v) is 3.76. The average Bonchev–Trinajstić information content (AvgIpc) is 2.63. The van der Waals surface area contributed by atoms with E-state index in [2.05, 4.69) is 10.6 Å². The molecule has 0 spiro atoms. The zero-order valence-corrected chi connectivity index (χ0v) is 15.6. The monoisotopic (exact) mass is 372 g/mol. The van der Waals surface area contributed by atoms with Crippen LogP contribution in [0.1, 0.15) is 33.2 Å². The minimum absolute atomic E-state index is 0.330. The maximum atomic E-state index is 11.7. The van der Waals surface area contributed by atoms with Crippen molar-refractivity contribution < 1.29 is 19.1 Å². The number of ether oxygens (including phenoxy) is 2. The zero-order chi connectivity index (χ0) is 19.1. The third kappa shape index (κ3) is 5.03. The molecule has 7 heteroatoms. The van der Waals surface area contributed by atoms with Gasteiger partial charge in [0, 0.05) is 11.4 Å². The lowest BCUT2D eigenvalue weighted by atomic mass is 10.1. The van der Waals surface area contributed by atoms with Crippen LogP contribution in [0.4, 0.5) is 11.4 Å². The molecule has 2 rings (SSSR count). The number of carbonyl (C=O) groups is 2. The summed E-state index contributed by atoms with van der Waals surface area (Å²) in [6, 6.07) is 12.0. The number of anilines is 2. The number of methoxy groups -OCH3 is 1. The molecule has 0 unspecified atom stereocenters. The topological polar surface area (TPSA) is 76.7 Å². The van der Waals surface area contributed by atoms with Crippen molar-refractivity contribution in [1.29, 1.82) is 0 Å². The number of esters is 2. The second kappa shape index (κ2) is 8.96. The molecule has 0 saturated carbocycles. The summed E-state index contributed by atoms with van der Waals surface area (Å²) in [5.41, 5.74) is 3.26. The van der Waals surface area contributed by atoms with Gasteiger partial charge in [-0.2, -0.15) is 0 Å². The summed E-state index contributed by atoms with van der Waals surface area (Å²) in [5.74, 6) is -0.781. The summed E-state index contributed by atoms with van der Waals surface area (Å²) in [6.45, 7) is 3.99. The van der Waals surface area contributed by atoms with E-state index in [-0.39, 0.29) is 5.97 Å². The van der Waals surface area contributed by atoms with E-state index in [1.165, 1.54) is 7.11 Å². The van der Waals surface area contributed by atoms with E-state index in [1.807, 2.05) is 13.0 Å². The minimum atomic E-state index is -0.415. The smallest absolute Gasteiger partial charge is 0.338 e. The highest BCUT2D eigenvalue weighted by Crippen LogP contribution is 2.18. The quantitative estimate of drug-likeness (QED) is 0.611. The van der Waals surface area contributed by atoms with Crippen LogP contribution in [0.25, 0.3) is 0 Å². The number of hydrogen-bond acceptors (Lipinski definition) is 5. The molecule has 0 aliphatic carbocycles. The van der Waals surface area contributed by atoms with Gasteiger partial charge in [0.05, 0.1) is 24.8 Å². The van der Waals surface area contributed by atoms with Gasteiger partial charge in [-0.3, -0.25) is 0 Å². The van der Waals surface area contributed by atoms with Crippen molar-refractivity contribution in [3.8, 4) is 0 Å². The van der Waals surface area contributed by atoms with Crippen molar-refractivity contribution >= 4 is 40.6 Å². The van der Waals surface area contributed by atoms with Crippen LogP contribution in [0, 0.1) is 6.92 Å². The number of thiocarbonyl (C=S) groups is 1. The predicted molar refractivity (Wildman–Crippen MR) is 105 cm³/mol. The standard InChI is InChI=1S/C19H20N2O4S/c1-4-25-18(23)13-7-9-15(10-8-13)20-19(26)21-16-11-14(17(22)24-3)6-5-12(16)2/h5-11H,4H2,1-3H3,(H2,20,21,26). The summed E-state index contributed by atoms with van der Waals surface area (Å²) in [4.78, 5) is 23.3. The fourth-order valence-corrected chi connectivity index (χ4v) is 2.42. The number of benzene rings is 2. The van der Waals surface area contributed by atoms with E-state index in [9.17, 15) is 9.59 Å². The fraction of sp³-hybridized carbons (Fsp3) is 0.211. The first-order valence-electron chi connectivity index (χ1n) is 7.98. The largest absolute Gasteiger partial charge is 0.465 e. The van der Waals surface area contributed by atoms with E-state index in [4.69, 9.17) is 21.7 Å². The second-order valence-corrected chi connectivity index (χ2v) is 5.81. The van der Waals surface area contributed by atoms with Crippen molar-refractivity contribution in [3.63, 3.8) is 0 Å². The molecule has 0 saturated heterocycles. The first-order chi connectivity index (χ1) is 12.4. The molecule has 0 amide bonds. The minimum Gasteiger partial charge on any atom is -0.465 e. The fourth-order valence-electron chi connectivity index (χ4n) is 2.19. The SMILES string of the molecule is CCOC(=O)c1ccc(NC(=S)Nc2cc(C(=O)OC)ccc2C)cc1. The Kier molecular flexibility index (Phi) is 6.68. The summed E-state index contributed by atoms with van der Waals surface area (Å²) in [6.07, 6.45) is 0. The summed E-state index contributed by atoms with van der Waals surface area (Å²) in [5, 5.41) is 6.45. The number of nitrogens with one attached hydrogen (secondary N) is 2. The molecule has 26 heavy (non-hydrogen) atoms. The lowest BCUT2D eigenvalue weighted by molar-refractivity contribution is 0.0525. The molecule has 0 aromatic heterocycles. The van der Waals surface area contributed by atoms with Gasteiger partial charge in [0.1, 0.15) is 0 Å². The highest BCUT2D eigenvalue weighted by molar-refractivity contribution is 7.80. The van der Waals surface area contributed by atoms with Crippen LogP contribution in [-0.2, 0) is 9.47 Å². The van der Waals surface area contributed by atoms with E-state index in [1.54, 1.807) is 43.3 Å². The van der Waals surface area contributed by atoms with Gasteiger partial charge < -0.3 is 20.1 Å². The van der Waals surface area contributed by atoms with Gasteiger partial charge in [0.25, 0.3) is 0 Å². The lowest BCUT2D eigenvalue weighted by Gasteiger charge is -2.13. The van der Waals surface area contributed by atoms with E-state index in [0.29, 0.717) is 28.5 Å². The van der Waals surface area contributed by atoms with Crippen molar-refractivity contribution in [3.05, 3.63) is 59.2 Å². The molecule has 6 nitrogen and oxygen atoms in total. The Balaban J connectivity index is 2.05. The summed E-state index contributed by atoms with van der Waals surface area (Å²) in [7, 11) is 1.33. The molecule has 0 aliphatic rings. The molecule has 0 fully saturated rings. The van der Waals surface area contributed by atoms with E-state index >= 15 is 0 Å². The zero-order valence-electron chi connectivity index (χ0n) is 14.8. The van der Waals surface area contributed by atoms with Gasteiger partial charge in [-0.25, -0.2) is 9.59 Å². The van der Waals surface area contributed by atoms with Crippen LogP contribution < -0.4 is 10.6 Å². The molecular formula is C19H20N2O4S.